The summed E-state index contributed by atoms with van der Waals surface area (Å²) in [4.78, 5) is 43.5. The smallest absolute Gasteiger partial charge is 0.304 e. The molecule has 0 aromatic carbocycles. The van der Waals surface area contributed by atoms with Crippen LogP contribution in [-0.4, -0.2) is 53.3 Å². The molecule has 0 saturated carbocycles. The van der Waals surface area contributed by atoms with Gasteiger partial charge < -0.3 is 20.1 Å². The SMILES string of the molecule is O=C(O)CC1C(=O)Nc2nc(N3CCOCC3)[nH]c(=O)c21. The number of carbonyl (C=O) groups is 2. The molecule has 2 aliphatic rings. The normalized spacial score (nSPS) is 21.0. The zero-order chi connectivity index (χ0) is 15.0. The van der Waals surface area contributed by atoms with Gasteiger partial charge in [0.2, 0.25) is 11.9 Å². The Morgan fingerprint density at radius 3 is 2.76 bits per heavy atom. The first-order valence-corrected chi connectivity index (χ1v) is 6.56. The van der Waals surface area contributed by atoms with Gasteiger partial charge in [-0.15, -0.1) is 0 Å². The highest BCUT2D eigenvalue weighted by molar-refractivity contribution is 6.03. The average molecular weight is 294 g/mol. The number of hydrogen-bond donors (Lipinski definition) is 3. The molecule has 0 radical (unpaired) electrons. The van der Waals surface area contributed by atoms with Gasteiger partial charge in [0.15, 0.2) is 0 Å². The number of carboxylic acid groups (broad SMARTS) is 1. The van der Waals surface area contributed by atoms with Crippen LogP contribution in [0.1, 0.15) is 17.9 Å². The minimum Gasteiger partial charge on any atom is -0.481 e. The van der Waals surface area contributed by atoms with E-state index in [9.17, 15) is 14.4 Å². The highest BCUT2D eigenvalue weighted by Gasteiger charge is 2.36. The Balaban J connectivity index is 1.96. The van der Waals surface area contributed by atoms with Crippen LogP contribution in [0.4, 0.5) is 11.8 Å². The van der Waals surface area contributed by atoms with E-state index in [-0.39, 0.29) is 11.4 Å². The van der Waals surface area contributed by atoms with Crippen LogP contribution in [0.5, 0.6) is 0 Å². The van der Waals surface area contributed by atoms with Crippen molar-refractivity contribution in [2.24, 2.45) is 0 Å². The highest BCUT2D eigenvalue weighted by Crippen LogP contribution is 2.31. The Labute approximate surface area is 118 Å². The number of amides is 1. The number of rotatable bonds is 3. The second-order valence-corrected chi connectivity index (χ2v) is 4.89. The number of morpholine rings is 1. The van der Waals surface area contributed by atoms with Gasteiger partial charge >= 0.3 is 5.97 Å². The van der Waals surface area contributed by atoms with Crippen molar-refractivity contribution in [3.05, 3.63) is 15.9 Å². The fraction of sp³-hybridized carbons (Fsp3) is 0.500. The predicted octanol–water partition coefficient (Wildman–Crippen LogP) is -0.883. The predicted molar refractivity (Wildman–Crippen MR) is 71.5 cm³/mol. The maximum absolute atomic E-state index is 12.2. The van der Waals surface area contributed by atoms with Crippen LogP contribution < -0.4 is 15.8 Å². The van der Waals surface area contributed by atoms with E-state index in [0.717, 1.165) is 0 Å². The summed E-state index contributed by atoms with van der Waals surface area (Å²) in [5.74, 6) is -2.13. The molecule has 2 aliphatic heterocycles. The van der Waals surface area contributed by atoms with Crippen molar-refractivity contribution in [2.45, 2.75) is 12.3 Å². The van der Waals surface area contributed by atoms with Gasteiger partial charge in [-0.25, -0.2) is 0 Å². The van der Waals surface area contributed by atoms with E-state index in [1.54, 1.807) is 0 Å². The summed E-state index contributed by atoms with van der Waals surface area (Å²) < 4.78 is 5.23. The van der Waals surface area contributed by atoms with E-state index in [4.69, 9.17) is 9.84 Å². The van der Waals surface area contributed by atoms with Crippen molar-refractivity contribution in [3.63, 3.8) is 0 Å². The highest BCUT2D eigenvalue weighted by atomic mass is 16.5. The summed E-state index contributed by atoms with van der Waals surface area (Å²) in [5, 5.41) is 11.3. The largest absolute Gasteiger partial charge is 0.481 e. The van der Waals surface area contributed by atoms with E-state index < -0.39 is 29.8 Å². The molecule has 1 saturated heterocycles. The number of anilines is 2. The van der Waals surface area contributed by atoms with E-state index >= 15 is 0 Å². The Hall–Kier alpha value is -2.42. The molecule has 112 valence electrons. The molecule has 3 heterocycles. The monoisotopic (exact) mass is 294 g/mol. The number of aliphatic carboxylic acids is 1. The zero-order valence-corrected chi connectivity index (χ0v) is 11.1. The molecule has 1 unspecified atom stereocenters. The number of nitrogens with one attached hydrogen (secondary N) is 2. The lowest BCUT2D eigenvalue weighted by Gasteiger charge is -2.27. The van der Waals surface area contributed by atoms with E-state index in [1.165, 1.54) is 0 Å². The molecule has 0 spiro atoms. The van der Waals surface area contributed by atoms with E-state index in [0.29, 0.717) is 32.3 Å². The Bertz CT molecular complexity index is 650. The first-order chi connectivity index (χ1) is 10.1. The maximum atomic E-state index is 12.2. The number of ether oxygens (including phenoxy) is 1. The third-order valence-corrected chi connectivity index (χ3v) is 3.54. The fourth-order valence-electron chi connectivity index (χ4n) is 2.52. The second-order valence-electron chi connectivity index (χ2n) is 4.89. The third kappa shape index (κ3) is 2.47. The van der Waals surface area contributed by atoms with Crippen LogP contribution in [-0.2, 0) is 14.3 Å². The number of hydrogen-bond acceptors (Lipinski definition) is 6. The molecular formula is C12H14N4O5. The minimum atomic E-state index is -1.14. The molecule has 3 N–H and O–H groups in total. The molecule has 1 aromatic heterocycles. The fourth-order valence-corrected chi connectivity index (χ4v) is 2.52. The molecule has 0 aliphatic carbocycles. The summed E-state index contributed by atoms with van der Waals surface area (Å²) in [5.41, 5.74) is -0.384. The molecule has 9 nitrogen and oxygen atoms in total. The summed E-state index contributed by atoms with van der Waals surface area (Å²) in [6.45, 7) is 2.26. The third-order valence-electron chi connectivity index (χ3n) is 3.54. The quantitative estimate of drug-likeness (QED) is 0.661. The summed E-state index contributed by atoms with van der Waals surface area (Å²) in [6.07, 6.45) is -0.430. The zero-order valence-electron chi connectivity index (χ0n) is 11.1. The van der Waals surface area contributed by atoms with Crippen molar-refractivity contribution in [1.82, 2.24) is 9.97 Å². The molecule has 1 amide bonds. The van der Waals surface area contributed by atoms with Crippen LogP contribution in [0, 0.1) is 0 Å². The first-order valence-electron chi connectivity index (χ1n) is 6.56. The number of carboxylic acids is 1. The molecule has 0 bridgehead atoms. The number of H-pyrrole nitrogens is 1. The van der Waals surface area contributed by atoms with Gasteiger partial charge in [0.1, 0.15) is 5.82 Å². The number of carbonyl (C=O) groups excluding carboxylic acids is 1. The van der Waals surface area contributed by atoms with Crippen molar-refractivity contribution < 1.29 is 19.4 Å². The van der Waals surface area contributed by atoms with E-state index in [1.807, 2.05) is 4.90 Å². The van der Waals surface area contributed by atoms with Gasteiger partial charge in [-0.3, -0.25) is 19.4 Å². The van der Waals surface area contributed by atoms with Crippen molar-refractivity contribution in [2.75, 3.05) is 36.5 Å². The molecule has 1 aromatic rings. The van der Waals surface area contributed by atoms with Gasteiger partial charge in [0.25, 0.3) is 5.56 Å². The molecule has 1 fully saturated rings. The number of nitrogens with zero attached hydrogens (tertiary/aromatic N) is 2. The minimum absolute atomic E-state index is 0.0967. The van der Waals surface area contributed by atoms with Crippen molar-refractivity contribution >= 4 is 23.6 Å². The van der Waals surface area contributed by atoms with Gasteiger partial charge in [-0.1, -0.05) is 0 Å². The number of aromatic amines is 1. The van der Waals surface area contributed by atoms with Crippen LogP contribution >= 0.6 is 0 Å². The van der Waals surface area contributed by atoms with Crippen molar-refractivity contribution in [3.8, 4) is 0 Å². The van der Waals surface area contributed by atoms with Crippen LogP contribution in [0.2, 0.25) is 0 Å². The Morgan fingerprint density at radius 2 is 2.10 bits per heavy atom. The molecule has 9 heteroatoms. The lowest BCUT2D eigenvalue weighted by Crippen LogP contribution is -2.38. The summed E-state index contributed by atoms with van der Waals surface area (Å²) in [6, 6.07) is 0. The van der Waals surface area contributed by atoms with Gasteiger partial charge in [-0.2, -0.15) is 4.98 Å². The van der Waals surface area contributed by atoms with Crippen LogP contribution in [0.3, 0.4) is 0 Å². The summed E-state index contributed by atoms with van der Waals surface area (Å²) >= 11 is 0. The average Bonchev–Trinajstić information content (AvgIpc) is 2.76. The number of fused-ring (bicyclic) bond motifs is 1. The van der Waals surface area contributed by atoms with Gasteiger partial charge in [0, 0.05) is 13.1 Å². The summed E-state index contributed by atoms with van der Waals surface area (Å²) in [7, 11) is 0. The topological polar surface area (TPSA) is 125 Å². The number of aromatic nitrogens is 2. The molecule has 1 atom stereocenters. The second kappa shape index (κ2) is 5.17. The molecule has 21 heavy (non-hydrogen) atoms. The van der Waals surface area contributed by atoms with Crippen LogP contribution in [0.15, 0.2) is 4.79 Å². The van der Waals surface area contributed by atoms with E-state index in [2.05, 4.69) is 15.3 Å². The van der Waals surface area contributed by atoms with Gasteiger partial charge in [0.05, 0.1) is 31.1 Å². The van der Waals surface area contributed by atoms with Gasteiger partial charge in [-0.05, 0) is 0 Å². The lowest BCUT2D eigenvalue weighted by molar-refractivity contribution is -0.138. The van der Waals surface area contributed by atoms with Crippen LogP contribution in [0.25, 0.3) is 0 Å². The standard InChI is InChI=1S/C12H14N4O5/c17-7(18)5-6-8-9(13-10(6)19)14-12(15-11(8)20)16-1-3-21-4-2-16/h6H,1-5H2,(H,17,18)(H2,13,14,15,19,20). The molecule has 3 rings (SSSR count). The lowest BCUT2D eigenvalue weighted by atomic mass is 10.00. The Morgan fingerprint density at radius 1 is 1.38 bits per heavy atom. The van der Waals surface area contributed by atoms with Crippen molar-refractivity contribution in [1.29, 1.82) is 0 Å². The Kier molecular flexibility index (Phi) is 3.34. The molecular weight excluding hydrogens is 280 g/mol. The first kappa shape index (κ1) is 13.6. The maximum Gasteiger partial charge on any atom is 0.304 e.